The second-order valence-corrected chi connectivity index (χ2v) is 6.51. The lowest BCUT2D eigenvalue weighted by atomic mass is 9.88. The van der Waals surface area contributed by atoms with E-state index in [1.54, 1.807) is 0 Å². The van der Waals surface area contributed by atoms with Crippen molar-refractivity contribution >= 4 is 11.6 Å². The summed E-state index contributed by atoms with van der Waals surface area (Å²) < 4.78 is 5.33. The first-order chi connectivity index (χ1) is 10.5. The lowest BCUT2D eigenvalue weighted by molar-refractivity contribution is 0.101. The molecule has 0 unspecified atom stereocenters. The smallest absolute Gasteiger partial charge is 0.278 e. The van der Waals surface area contributed by atoms with E-state index >= 15 is 0 Å². The van der Waals surface area contributed by atoms with Crippen LogP contribution in [0.15, 0.2) is 28.8 Å². The average molecular weight is 298 g/mol. The number of rotatable bonds is 3. The van der Waals surface area contributed by atoms with Crippen LogP contribution in [0.3, 0.4) is 0 Å². The van der Waals surface area contributed by atoms with E-state index in [4.69, 9.17) is 4.52 Å². The topological polar surface area (TPSA) is 55.1 Å². The summed E-state index contributed by atoms with van der Waals surface area (Å²) in [4.78, 5) is 12.4. The third kappa shape index (κ3) is 2.91. The molecule has 4 nitrogen and oxygen atoms in total. The van der Waals surface area contributed by atoms with E-state index in [9.17, 15) is 4.79 Å². The zero-order chi connectivity index (χ0) is 15.7. The highest BCUT2D eigenvalue weighted by Gasteiger charge is 2.26. The van der Waals surface area contributed by atoms with Gasteiger partial charge in [0.15, 0.2) is 5.69 Å². The van der Waals surface area contributed by atoms with Crippen molar-refractivity contribution in [2.24, 2.45) is 5.92 Å². The summed E-state index contributed by atoms with van der Waals surface area (Å²) in [5.74, 6) is 1.74. The van der Waals surface area contributed by atoms with Crippen LogP contribution in [0, 0.1) is 5.92 Å². The first-order valence-corrected chi connectivity index (χ1v) is 7.93. The van der Waals surface area contributed by atoms with E-state index in [0.717, 1.165) is 36.3 Å². The SMILES string of the molecule is CC(C)c1ccc(NC(=O)c2noc3c2C[C@H](C)CC3)cc1. The predicted octanol–water partition coefficient (Wildman–Crippen LogP) is 4.18. The highest BCUT2D eigenvalue weighted by molar-refractivity contribution is 6.03. The molecule has 1 aromatic heterocycles. The molecule has 1 N–H and O–H groups in total. The largest absolute Gasteiger partial charge is 0.360 e. The molecule has 0 radical (unpaired) electrons. The van der Waals surface area contributed by atoms with Gasteiger partial charge in [-0.15, -0.1) is 0 Å². The number of nitrogens with one attached hydrogen (secondary N) is 1. The Hall–Kier alpha value is -2.10. The molecule has 1 aliphatic carbocycles. The van der Waals surface area contributed by atoms with Gasteiger partial charge < -0.3 is 9.84 Å². The first kappa shape index (κ1) is 14.8. The van der Waals surface area contributed by atoms with E-state index < -0.39 is 0 Å². The van der Waals surface area contributed by atoms with E-state index in [1.807, 2.05) is 24.3 Å². The maximum Gasteiger partial charge on any atom is 0.278 e. The van der Waals surface area contributed by atoms with Crippen LogP contribution < -0.4 is 5.32 Å². The van der Waals surface area contributed by atoms with Crippen LogP contribution >= 0.6 is 0 Å². The van der Waals surface area contributed by atoms with Crippen molar-refractivity contribution in [2.45, 2.75) is 46.0 Å². The molecule has 1 heterocycles. The molecule has 1 atom stereocenters. The van der Waals surface area contributed by atoms with Crippen molar-refractivity contribution < 1.29 is 9.32 Å². The summed E-state index contributed by atoms with van der Waals surface area (Å²) in [5.41, 5.74) is 3.46. The summed E-state index contributed by atoms with van der Waals surface area (Å²) in [7, 11) is 0. The van der Waals surface area contributed by atoms with Crippen LogP contribution in [0.5, 0.6) is 0 Å². The van der Waals surface area contributed by atoms with Crippen LogP contribution in [-0.4, -0.2) is 11.1 Å². The van der Waals surface area contributed by atoms with Crippen LogP contribution in [-0.2, 0) is 12.8 Å². The molecule has 116 valence electrons. The lowest BCUT2D eigenvalue weighted by Crippen LogP contribution is -2.17. The number of nitrogens with zero attached hydrogens (tertiary/aromatic N) is 1. The number of amides is 1. The van der Waals surface area contributed by atoms with Gasteiger partial charge in [-0.1, -0.05) is 38.1 Å². The second-order valence-electron chi connectivity index (χ2n) is 6.51. The van der Waals surface area contributed by atoms with Crippen LogP contribution in [0.4, 0.5) is 5.69 Å². The van der Waals surface area contributed by atoms with E-state index in [2.05, 4.69) is 31.2 Å². The van der Waals surface area contributed by atoms with Crippen molar-refractivity contribution in [2.75, 3.05) is 5.32 Å². The van der Waals surface area contributed by atoms with Gasteiger partial charge in [0.05, 0.1) is 0 Å². The molecule has 1 amide bonds. The maximum absolute atomic E-state index is 12.4. The normalized spacial score (nSPS) is 17.4. The summed E-state index contributed by atoms with van der Waals surface area (Å²) in [6, 6.07) is 7.95. The number of carbonyl (C=O) groups excluding carboxylic acids is 1. The fraction of sp³-hybridized carbons (Fsp3) is 0.444. The molecule has 0 saturated heterocycles. The number of hydrogen-bond donors (Lipinski definition) is 1. The van der Waals surface area contributed by atoms with E-state index in [0.29, 0.717) is 17.5 Å². The Kier molecular flexibility index (Phi) is 4.01. The van der Waals surface area contributed by atoms with E-state index in [1.165, 1.54) is 5.56 Å². The lowest BCUT2D eigenvalue weighted by Gasteiger charge is -2.16. The molecule has 2 aromatic rings. The summed E-state index contributed by atoms with van der Waals surface area (Å²) in [6.07, 6.45) is 2.84. The Labute approximate surface area is 130 Å². The van der Waals surface area contributed by atoms with Crippen molar-refractivity contribution in [1.29, 1.82) is 0 Å². The second kappa shape index (κ2) is 5.95. The molecule has 0 fully saturated rings. The first-order valence-electron chi connectivity index (χ1n) is 7.93. The molecule has 0 aliphatic heterocycles. The number of benzene rings is 1. The molecule has 0 saturated carbocycles. The standard InChI is InChI=1S/C18H22N2O2/c1-11(2)13-5-7-14(8-6-13)19-18(21)17-15-10-12(3)4-9-16(15)22-20-17/h5-8,11-12H,4,9-10H2,1-3H3,(H,19,21)/t12-/m1/s1. The maximum atomic E-state index is 12.4. The van der Waals surface area contributed by atoms with Crippen molar-refractivity contribution in [3.8, 4) is 0 Å². The molecule has 1 aliphatic rings. The number of anilines is 1. The Morgan fingerprint density at radius 2 is 2.05 bits per heavy atom. The zero-order valence-corrected chi connectivity index (χ0v) is 13.3. The third-order valence-corrected chi connectivity index (χ3v) is 4.34. The fourth-order valence-corrected chi connectivity index (χ4v) is 2.90. The predicted molar refractivity (Wildman–Crippen MR) is 86.2 cm³/mol. The Morgan fingerprint density at radius 3 is 2.73 bits per heavy atom. The molecule has 4 heteroatoms. The highest BCUT2D eigenvalue weighted by Crippen LogP contribution is 2.28. The molecular weight excluding hydrogens is 276 g/mol. The zero-order valence-electron chi connectivity index (χ0n) is 13.3. The van der Waals surface area contributed by atoms with Crippen molar-refractivity contribution in [3.05, 3.63) is 46.8 Å². The van der Waals surface area contributed by atoms with Crippen molar-refractivity contribution in [3.63, 3.8) is 0 Å². The number of hydrogen-bond acceptors (Lipinski definition) is 3. The minimum Gasteiger partial charge on any atom is -0.360 e. The molecule has 0 spiro atoms. The van der Waals surface area contributed by atoms with Gasteiger partial charge in [0.1, 0.15) is 5.76 Å². The van der Waals surface area contributed by atoms with Gasteiger partial charge in [-0.3, -0.25) is 4.79 Å². The average Bonchev–Trinajstić information content (AvgIpc) is 2.90. The third-order valence-electron chi connectivity index (χ3n) is 4.34. The fourth-order valence-electron chi connectivity index (χ4n) is 2.90. The summed E-state index contributed by atoms with van der Waals surface area (Å²) >= 11 is 0. The van der Waals surface area contributed by atoms with Crippen molar-refractivity contribution in [1.82, 2.24) is 5.16 Å². The Bertz CT molecular complexity index is 671. The molecular formula is C18H22N2O2. The van der Waals surface area contributed by atoms with Gasteiger partial charge in [0.25, 0.3) is 5.91 Å². The van der Waals surface area contributed by atoms with Gasteiger partial charge in [-0.2, -0.15) is 0 Å². The number of carbonyl (C=O) groups is 1. The van der Waals surface area contributed by atoms with Crippen LogP contribution in [0.25, 0.3) is 0 Å². The molecule has 1 aromatic carbocycles. The quantitative estimate of drug-likeness (QED) is 0.925. The highest BCUT2D eigenvalue weighted by atomic mass is 16.5. The van der Waals surface area contributed by atoms with Gasteiger partial charge in [0, 0.05) is 17.7 Å². The minimum absolute atomic E-state index is 0.184. The van der Waals surface area contributed by atoms with Crippen LogP contribution in [0.1, 0.15) is 60.5 Å². The van der Waals surface area contributed by atoms with Gasteiger partial charge in [0.2, 0.25) is 0 Å². The van der Waals surface area contributed by atoms with Gasteiger partial charge in [-0.05, 0) is 42.4 Å². The minimum atomic E-state index is -0.184. The van der Waals surface area contributed by atoms with Gasteiger partial charge in [-0.25, -0.2) is 0 Å². The molecule has 22 heavy (non-hydrogen) atoms. The number of aryl methyl sites for hydroxylation is 1. The Morgan fingerprint density at radius 1 is 1.32 bits per heavy atom. The molecule has 3 rings (SSSR count). The molecule has 0 bridgehead atoms. The monoisotopic (exact) mass is 298 g/mol. The van der Waals surface area contributed by atoms with E-state index in [-0.39, 0.29) is 5.91 Å². The Balaban J connectivity index is 1.76. The number of aromatic nitrogens is 1. The van der Waals surface area contributed by atoms with Crippen LogP contribution in [0.2, 0.25) is 0 Å². The summed E-state index contributed by atoms with van der Waals surface area (Å²) in [5, 5.41) is 6.90. The van der Waals surface area contributed by atoms with Gasteiger partial charge >= 0.3 is 0 Å². The number of fused-ring (bicyclic) bond motifs is 1. The summed E-state index contributed by atoms with van der Waals surface area (Å²) in [6.45, 7) is 6.50.